The van der Waals surface area contributed by atoms with Gasteiger partial charge in [-0.15, -0.1) is 0 Å². The van der Waals surface area contributed by atoms with E-state index in [0.29, 0.717) is 5.75 Å². The molecule has 0 aliphatic rings. The first kappa shape index (κ1) is 26.6. The first-order chi connectivity index (χ1) is 22.6. The van der Waals surface area contributed by atoms with E-state index in [4.69, 9.17) is 0 Å². The lowest BCUT2D eigenvalue weighted by atomic mass is 9.99. The molecule has 46 heavy (non-hydrogen) atoms. The summed E-state index contributed by atoms with van der Waals surface area (Å²) in [4.78, 5) is 0. The third-order valence-electron chi connectivity index (χ3n) is 9.55. The van der Waals surface area contributed by atoms with Crippen molar-refractivity contribution < 1.29 is 5.11 Å². The molecule has 0 amide bonds. The molecule has 0 unspecified atom stereocenters. The normalized spacial score (nSPS) is 12.0. The van der Waals surface area contributed by atoms with E-state index in [0.717, 1.165) is 22.3 Å². The second-order valence-electron chi connectivity index (χ2n) is 12.6. The minimum absolute atomic E-state index is 0.176. The SMILES string of the molecule is CC(C)c1c(O)cccc1-n1c2ccccc2c2cc(-c3ccc4c(c3)c3ccccc3n4-c3ccc4ccccc4c3)ccc21. The Labute approximate surface area is 267 Å². The summed E-state index contributed by atoms with van der Waals surface area (Å²) in [5, 5.41) is 18.2. The number of aromatic hydroxyl groups is 1. The van der Waals surface area contributed by atoms with Crippen LogP contribution in [0.2, 0.25) is 0 Å². The van der Waals surface area contributed by atoms with Crippen molar-refractivity contribution in [2.75, 3.05) is 0 Å². The molecule has 0 spiro atoms. The maximum absolute atomic E-state index is 10.9. The number of hydrogen-bond acceptors (Lipinski definition) is 1. The fourth-order valence-electron chi connectivity index (χ4n) is 7.49. The Kier molecular flexibility index (Phi) is 5.85. The zero-order valence-electron chi connectivity index (χ0n) is 25.8. The molecule has 0 aliphatic carbocycles. The van der Waals surface area contributed by atoms with E-state index in [1.165, 1.54) is 60.2 Å². The van der Waals surface area contributed by atoms with Crippen molar-refractivity contribution in [2.24, 2.45) is 0 Å². The van der Waals surface area contributed by atoms with Gasteiger partial charge >= 0.3 is 0 Å². The number of hydrogen-bond donors (Lipinski definition) is 1. The largest absolute Gasteiger partial charge is 0.508 e. The number of para-hydroxylation sites is 2. The van der Waals surface area contributed by atoms with Gasteiger partial charge in [0.15, 0.2) is 0 Å². The van der Waals surface area contributed by atoms with Crippen LogP contribution in [0.4, 0.5) is 0 Å². The van der Waals surface area contributed by atoms with Crippen LogP contribution in [0.3, 0.4) is 0 Å². The number of rotatable bonds is 4. The molecule has 0 radical (unpaired) electrons. The van der Waals surface area contributed by atoms with Gasteiger partial charge in [-0.1, -0.05) is 98.8 Å². The zero-order valence-corrected chi connectivity index (χ0v) is 25.8. The number of phenols is 1. The lowest BCUT2D eigenvalue weighted by molar-refractivity contribution is 0.464. The molecule has 0 bridgehead atoms. The monoisotopic (exact) mass is 592 g/mol. The Bertz CT molecular complexity index is 2640. The van der Waals surface area contributed by atoms with Crippen molar-refractivity contribution in [3.8, 4) is 28.3 Å². The van der Waals surface area contributed by atoms with Gasteiger partial charge in [0.1, 0.15) is 5.75 Å². The summed E-state index contributed by atoms with van der Waals surface area (Å²) in [7, 11) is 0. The third kappa shape index (κ3) is 3.92. The van der Waals surface area contributed by atoms with Crippen molar-refractivity contribution in [3.63, 3.8) is 0 Å². The highest BCUT2D eigenvalue weighted by Crippen LogP contribution is 2.40. The second kappa shape index (κ2) is 10.1. The number of fused-ring (bicyclic) bond motifs is 7. The molecule has 220 valence electrons. The number of benzene rings is 7. The second-order valence-corrected chi connectivity index (χ2v) is 12.6. The molecule has 3 nitrogen and oxygen atoms in total. The fourth-order valence-corrected chi connectivity index (χ4v) is 7.49. The quantitative estimate of drug-likeness (QED) is 0.216. The molecule has 0 aliphatic heterocycles. The molecular weight excluding hydrogens is 560 g/mol. The van der Waals surface area contributed by atoms with Gasteiger partial charge < -0.3 is 14.2 Å². The van der Waals surface area contributed by atoms with Gasteiger partial charge in [-0.2, -0.15) is 0 Å². The van der Waals surface area contributed by atoms with Crippen molar-refractivity contribution in [3.05, 3.63) is 151 Å². The topological polar surface area (TPSA) is 30.1 Å². The predicted molar refractivity (Wildman–Crippen MR) is 194 cm³/mol. The first-order valence-corrected chi connectivity index (χ1v) is 15.9. The van der Waals surface area contributed by atoms with E-state index in [2.05, 4.69) is 156 Å². The zero-order chi connectivity index (χ0) is 30.9. The van der Waals surface area contributed by atoms with Crippen molar-refractivity contribution in [2.45, 2.75) is 19.8 Å². The lowest BCUT2D eigenvalue weighted by Crippen LogP contribution is -2.01. The van der Waals surface area contributed by atoms with Gasteiger partial charge in [0.25, 0.3) is 0 Å². The highest BCUT2D eigenvalue weighted by atomic mass is 16.3. The fraction of sp³-hybridized carbons (Fsp3) is 0.0698. The summed E-state index contributed by atoms with van der Waals surface area (Å²) in [6, 6.07) is 52.1. The molecule has 1 N–H and O–H groups in total. The Morgan fingerprint density at radius 2 is 1.02 bits per heavy atom. The molecule has 0 saturated heterocycles. The maximum atomic E-state index is 10.9. The van der Waals surface area contributed by atoms with Crippen LogP contribution in [0.5, 0.6) is 5.75 Å². The summed E-state index contributed by atoms with van der Waals surface area (Å²) in [5.74, 6) is 0.515. The Morgan fingerprint density at radius 1 is 0.457 bits per heavy atom. The average molecular weight is 593 g/mol. The summed E-state index contributed by atoms with van der Waals surface area (Å²) in [5.41, 5.74) is 10.2. The van der Waals surface area contributed by atoms with Crippen LogP contribution in [0, 0.1) is 0 Å². The molecule has 0 saturated carbocycles. The standard InChI is InChI=1S/C43H32N2O/c1-27(2)43-41(16-9-17-42(43)46)45-38-15-8-6-13-34(38)36-26-31(20-23-40(36)45)30-19-22-39-35(25-30)33-12-5-7-14-37(33)44(39)32-21-18-28-10-3-4-11-29(28)24-32/h3-27,46H,1-2H3. The van der Waals surface area contributed by atoms with E-state index < -0.39 is 0 Å². The first-order valence-electron chi connectivity index (χ1n) is 15.9. The highest BCUT2D eigenvalue weighted by Gasteiger charge is 2.19. The van der Waals surface area contributed by atoms with Crippen LogP contribution >= 0.6 is 0 Å². The predicted octanol–water partition coefficient (Wildman–Crippen LogP) is 11.5. The summed E-state index contributed by atoms with van der Waals surface area (Å²) >= 11 is 0. The van der Waals surface area contributed by atoms with E-state index in [1.807, 2.05) is 6.07 Å². The molecule has 0 fully saturated rings. The Morgan fingerprint density at radius 3 is 1.70 bits per heavy atom. The Balaban J connectivity index is 1.25. The minimum atomic E-state index is 0.176. The molecule has 0 atom stereocenters. The van der Waals surface area contributed by atoms with Gasteiger partial charge in [-0.3, -0.25) is 0 Å². The van der Waals surface area contributed by atoms with E-state index in [-0.39, 0.29) is 5.92 Å². The van der Waals surface area contributed by atoms with Crippen LogP contribution in [0.1, 0.15) is 25.3 Å². The van der Waals surface area contributed by atoms with Gasteiger partial charge in [-0.05, 0) is 88.5 Å². The van der Waals surface area contributed by atoms with Crippen LogP contribution in [0.15, 0.2) is 146 Å². The van der Waals surface area contributed by atoms with E-state index in [1.54, 1.807) is 6.07 Å². The van der Waals surface area contributed by atoms with Crippen molar-refractivity contribution in [1.82, 2.24) is 9.13 Å². The summed E-state index contributed by atoms with van der Waals surface area (Å²) in [6.07, 6.45) is 0. The van der Waals surface area contributed by atoms with Crippen LogP contribution in [-0.4, -0.2) is 14.2 Å². The molecule has 2 heterocycles. The molecule has 3 heteroatoms. The molecule has 2 aromatic heterocycles. The van der Waals surface area contributed by atoms with Gasteiger partial charge in [0.2, 0.25) is 0 Å². The third-order valence-corrected chi connectivity index (χ3v) is 9.55. The van der Waals surface area contributed by atoms with Gasteiger partial charge in [-0.25, -0.2) is 0 Å². The summed E-state index contributed by atoms with van der Waals surface area (Å²) < 4.78 is 4.70. The molecular formula is C43H32N2O. The number of phenolic OH excluding ortho intramolecular Hbond substituents is 1. The summed E-state index contributed by atoms with van der Waals surface area (Å²) in [6.45, 7) is 4.27. The minimum Gasteiger partial charge on any atom is -0.508 e. The van der Waals surface area contributed by atoms with Gasteiger partial charge in [0, 0.05) is 32.8 Å². The number of aromatic nitrogens is 2. The lowest BCUT2D eigenvalue weighted by Gasteiger charge is -2.17. The smallest absolute Gasteiger partial charge is 0.121 e. The van der Waals surface area contributed by atoms with Crippen molar-refractivity contribution in [1.29, 1.82) is 0 Å². The van der Waals surface area contributed by atoms with Crippen LogP contribution < -0.4 is 0 Å². The maximum Gasteiger partial charge on any atom is 0.121 e. The molecule has 7 aromatic carbocycles. The van der Waals surface area contributed by atoms with Crippen LogP contribution in [0.25, 0.3) is 76.9 Å². The van der Waals surface area contributed by atoms with E-state index >= 15 is 0 Å². The molecule has 9 rings (SSSR count). The van der Waals surface area contributed by atoms with Gasteiger partial charge in [0.05, 0.1) is 27.8 Å². The van der Waals surface area contributed by atoms with E-state index in [9.17, 15) is 5.11 Å². The number of nitrogens with zero attached hydrogens (tertiary/aromatic N) is 2. The average Bonchev–Trinajstić information content (AvgIpc) is 3.60. The van der Waals surface area contributed by atoms with Crippen molar-refractivity contribution >= 4 is 54.4 Å². The Hall–Kier alpha value is -5.80. The van der Waals surface area contributed by atoms with Crippen LogP contribution in [-0.2, 0) is 0 Å². The highest BCUT2D eigenvalue weighted by molar-refractivity contribution is 6.13. The molecule has 9 aromatic rings.